The first-order chi connectivity index (χ1) is 9.86. The van der Waals surface area contributed by atoms with Gasteiger partial charge in [-0.25, -0.2) is 0 Å². The van der Waals surface area contributed by atoms with E-state index in [9.17, 15) is 0 Å². The summed E-state index contributed by atoms with van der Waals surface area (Å²) in [6.07, 6.45) is 5.96. The summed E-state index contributed by atoms with van der Waals surface area (Å²) in [4.78, 5) is 6.50. The molecule has 3 rings (SSSR count). The molecule has 0 amide bonds. The summed E-state index contributed by atoms with van der Waals surface area (Å²) in [5.74, 6) is 0.895. The van der Waals surface area contributed by atoms with Crippen LogP contribution in [0, 0.1) is 0 Å². The van der Waals surface area contributed by atoms with Crippen molar-refractivity contribution in [2.24, 2.45) is 0 Å². The SMILES string of the molecule is COC[C@@H]1CCCN1Cc1cc(-c2cccnc2)no1. The van der Waals surface area contributed by atoms with E-state index in [-0.39, 0.29) is 0 Å². The predicted molar refractivity (Wildman–Crippen MR) is 75.0 cm³/mol. The molecule has 5 nitrogen and oxygen atoms in total. The van der Waals surface area contributed by atoms with Gasteiger partial charge in [0.1, 0.15) is 5.69 Å². The van der Waals surface area contributed by atoms with Gasteiger partial charge in [-0.15, -0.1) is 0 Å². The minimum Gasteiger partial charge on any atom is -0.383 e. The number of pyridine rings is 1. The molecule has 0 saturated carbocycles. The van der Waals surface area contributed by atoms with Crippen molar-refractivity contribution in [2.75, 3.05) is 20.3 Å². The fourth-order valence-corrected chi connectivity index (χ4v) is 2.72. The first-order valence-corrected chi connectivity index (χ1v) is 6.96. The Morgan fingerprint density at radius 1 is 1.50 bits per heavy atom. The van der Waals surface area contributed by atoms with Crippen molar-refractivity contribution in [1.29, 1.82) is 0 Å². The third-order valence-electron chi connectivity index (χ3n) is 3.73. The van der Waals surface area contributed by atoms with E-state index in [4.69, 9.17) is 9.26 Å². The number of hydrogen-bond donors (Lipinski definition) is 0. The van der Waals surface area contributed by atoms with Crippen molar-refractivity contribution < 1.29 is 9.26 Å². The van der Waals surface area contributed by atoms with Crippen LogP contribution in [0.1, 0.15) is 18.6 Å². The molecule has 20 heavy (non-hydrogen) atoms. The first-order valence-electron chi connectivity index (χ1n) is 6.96. The van der Waals surface area contributed by atoms with Gasteiger partial charge < -0.3 is 9.26 Å². The van der Waals surface area contributed by atoms with Crippen LogP contribution in [0.4, 0.5) is 0 Å². The molecule has 2 aromatic heterocycles. The monoisotopic (exact) mass is 273 g/mol. The summed E-state index contributed by atoms with van der Waals surface area (Å²) in [6.45, 7) is 2.67. The molecule has 0 bridgehead atoms. The molecular formula is C15H19N3O2. The second-order valence-corrected chi connectivity index (χ2v) is 5.14. The van der Waals surface area contributed by atoms with Crippen molar-refractivity contribution in [3.05, 3.63) is 36.4 Å². The zero-order chi connectivity index (χ0) is 13.8. The lowest BCUT2D eigenvalue weighted by atomic mass is 10.2. The summed E-state index contributed by atoms with van der Waals surface area (Å²) in [5.41, 5.74) is 1.83. The minimum absolute atomic E-state index is 0.493. The number of methoxy groups -OCH3 is 1. The van der Waals surface area contributed by atoms with Crippen molar-refractivity contribution in [3.63, 3.8) is 0 Å². The van der Waals surface area contributed by atoms with Crippen LogP contribution in [0.15, 0.2) is 35.1 Å². The van der Waals surface area contributed by atoms with Gasteiger partial charge in [-0.2, -0.15) is 0 Å². The molecule has 5 heteroatoms. The second-order valence-electron chi connectivity index (χ2n) is 5.14. The Morgan fingerprint density at radius 3 is 3.25 bits per heavy atom. The van der Waals surface area contributed by atoms with Gasteiger partial charge in [0, 0.05) is 37.2 Å². The summed E-state index contributed by atoms with van der Waals surface area (Å²) in [7, 11) is 1.76. The highest BCUT2D eigenvalue weighted by Crippen LogP contribution is 2.23. The first kappa shape index (κ1) is 13.3. The Labute approximate surface area is 118 Å². The minimum atomic E-state index is 0.493. The largest absolute Gasteiger partial charge is 0.383 e. The molecule has 0 radical (unpaired) electrons. The Hall–Kier alpha value is -1.72. The highest BCUT2D eigenvalue weighted by molar-refractivity contribution is 5.57. The predicted octanol–water partition coefficient (Wildman–Crippen LogP) is 2.35. The maximum absolute atomic E-state index is 5.45. The summed E-state index contributed by atoms with van der Waals surface area (Å²) in [5, 5.41) is 4.13. The number of aromatic nitrogens is 2. The average molecular weight is 273 g/mol. The number of ether oxygens (including phenoxy) is 1. The lowest BCUT2D eigenvalue weighted by Gasteiger charge is -2.22. The normalized spacial score (nSPS) is 19.6. The van der Waals surface area contributed by atoms with E-state index in [0.29, 0.717) is 6.04 Å². The molecule has 1 atom stereocenters. The van der Waals surface area contributed by atoms with E-state index in [0.717, 1.165) is 36.7 Å². The van der Waals surface area contributed by atoms with Crippen LogP contribution in [-0.2, 0) is 11.3 Å². The molecule has 0 N–H and O–H groups in total. The molecule has 1 aliphatic heterocycles. The second kappa shape index (κ2) is 6.15. The van der Waals surface area contributed by atoms with E-state index in [1.807, 2.05) is 18.2 Å². The molecule has 0 unspecified atom stereocenters. The van der Waals surface area contributed by atoms with Crippen LogP contribution >= 0.6 is 0 Å². The van der Waals surface area contributed by atoms with Crippen LogP contribution in [0.5, 0.6) is 0 Å². The van der Waals surface area contributed by atoms with Crippen LogP contribution in [-0.4, -0.2) is 41.3 Å². The summed E-state index contributed by atoms with van der Waals surface area (Å²) in [6, 6.07) is 6.38. The van der Waals surface area contributed by atoms with Gasteiger partial charge in [-0.05, 0) is 31.5 Å². The van der Waals surface area contributed by atoms with E-state index < -0.39 is 0 Å². The third-order valence-corrected chi connectivity index (χ3v) is 3.73. The van der Waals surface area contributed by atoms with Gasteiger partial charge in [0.25, 0.3) is 0 Å². The smallest absolute Gasteiger partial charge is 0.151 e. The van der Waals surface area contributed by atoms with Crippen molar-refractivity contribution in [1.82, 2.24) is 15.0 Å². The van der Waals surface area contributed by atoms with Gasteiger partial charge in [0.05, 0.1) is 13.2 Å². The molecular weight excluding hydrogens is 254 g/mol. The van der Waals surface area contributed by atoms with Crippen LogP contribution in [0.2, 0.25) is 0 Å². The lowest BCUT2D eigenvalue weighted by molar-refractivity contribution is 0.106. The van der Waals surface area contributed by atoms with Crippen molar-refractivity contribution in [3.8, 4) is 11.3 Å². The van der Waals surface area contributed by atoms with Crippen molar-refractivity contribution in [2.45, 2.75) is 25.4 Å². The fourth-order valence-electron chi connectivity index (χ4n) is 2.72. The molecule has 0 aliphatic carbocycles. The standard InChI is InChI=1S/C15H19N3O2/c1-19-11-13-5-3-7-18(13)10-14-8-15(17-20-14)12-4-2-6-16-9-12/h2,4,6,8-9,13H,3,5,7,10-11H2,1H3/t13-/m0/s1. The number of nitrogens with zero attached hydrogens (tertiary/aromatic N) is 3. The summed E-state index contributed by atoms with van der Waals surface area (Å²) >= 11 is 0. The number of rotatable bonds is 5. The fraction of sp³-hybridized carbons (Fsp3) is 0.467. The van der Waals surface area contributed by atoms with Gasteiger partial charge >= 0.3 is 0 Å². The Kier molecular flexibility index (Phi) is 4.08. The van der Waals surface area contributed by atoms with E-state index in [1.165, 1.54) is 12.8 Å². The topological polar surface area (TPSA) is 51.4 Å². The maximum Gasteiger partial charge on any atom is 0.151 e. The van der Waals surface area contributed by atoms with E-state index >= 15 is 0 Å². The van der Waals surface area contributed by atoms with Crippen LogP contribution in [0.25, 0.3) is 11.3 Å². The average Bonchev–Trinajstić information content (AvgIpc) is 3.11. The molecule has 3 heterocycles. The molecule has 1 fully saturated rings. The van der Waals surface area contributed by atoms with Crippen LogP contribution in [0.3, 0.4) is 0 Å². The molecule has 2 aromatic rings. The highest BCUT2D eigenvalue weighted by atomic mass is 16.5. The molecule has 1 saturated heterocycles. The Bertz CT molecular complexity index is 541. The molecule has 1 aliphatic rings. The van der Waals surface area contributed by atoms with Crippen LogP contribution < -0.4 is 0 Å². The van der Waals surface area contributed by atoms with Gasteiger partial charge in [0.2, 0.25) is 0 Å². The Balaban J connectivity index is 1.68. The third kappa shape index (κ3) is 2.89. The quantitative estimate of drug-likeness (QED) is 0.837. The maximum atomic E-state index is 5.45. The highest BCUT2D eigenvalue weighted by Gasteiger charge is 2.25. The van der Waals surface area contributed by atoms with Crippen molar-refractivity contribution >= 4 is 0 Å². The molecule has 0 spiro atoms. The van der Waals surface area contributed by atoms with Gasteiger partial charge in [0.15, 0.2) is 5.76 Å². The number of likely N-dealkylation sites (tertiary alicyclic amines) is 1. The Morgan fingerprint density at radius 2 is 2.45 bits per heavy atom. The molecule has 106 valence electrons. The van der Waals surface area contributed by atoms with E-state index in [1.54, 1.807) is 19.5 Å². The lowest BCUT2D eigenvalue weighted by Crippen LogP contribution is -2.32. The summed E-state index contributed by atoms with van der Waals surface area (Å²) < 4.78 is 10.7. The van der Waals surface area contributed by atoms with Gasteiger partial charge in [-0.1, -0.05) is 5.16 Å². The van der Waals surface area contributed by atoms with Gasteiger partial charge in [-0.3, -0.25) is 9.88 Å². The zero-order valence-electron chi connectivity index (χ0n) is 11.7. The van der Waals surface area contributed by atoms with E-state index in [2.05, 4.69) is 15.0 Å². The number of hydrogen-bond acceptors (Lipinski definition) is 5. The zero-order valence-corrected chi connectivity index (χ0v) is 11.7. The molecule has 0 aromatic carbocycles.